The Morgan fingerprint density at radius 1 is 1.24 bits per heavy atom. The fourth-order valence-electron chi connectivity index (χ4n) is 1.72. The lowest BCUT2D eigenvalue weighted by Crippen LogP contribution is -2.19. The van der Waals surface area contributed by atoms with Gasteiger partial charge in [-0.05, 0) is 44.1 Å². The van der Waals surface area contributed by atoms with Crippen LogP contribution >= 0.6 is 0 Å². The van der Waals surface area contributed by atoms with Gasteiger partial charge in [0.1, 0.15) is 0 Å². The second kappa shape index (κ2) is 7.44. The summed E-state index contributed by atoms with van der Waals surface area (Å²) in [6, 6.07) is 12.0. The van der Waals surface area contributed by atoms with E-state index in [4.69, 9.17) is 10.5 Å². The van der Waals surface area contributed by atoms with Gasteiger partial charge >= 0.3 is 0 Å². The molecule has 0 aliphatic rings. The highest BCUT2D eigenvalue weighted by Crippen LogP contribution is 2.07. The van der Waals surface area contributed by atoms with Gasteiger partial charge in [-0.2, -0.15) is 10.5 Å². The highest BCUT2D eigenvalue weighted by molar-refractivity contribution is 5.32. The van der Waals surface area contributed by atoms with Crippen molar-refractivity contribution in [3.63, 3.8) is 0 Å². The van der Waals surface area contributed by atoms with Crippen molar-refractivity contribution in [1.82, 2.24) is 4.90 Å². The number of rotatable bonds is 6. The summed E-state index contributed by atoms with van der Waals surface area (Å²) in [5, 5.41) is 17.2. The molecule has 0 bridgehead atoms. The highest BCUT2D eigenvalue weighted by Gasteiger charge is 2.01. The van der Waals surface area contributed by atoms with Crippen molar-refractivity contribution in [3.8, 4) is 12.1 Å². The fraction of sp³-hybridized carbons (Fsp3) is 0.429. The number of nitriles is 2. The van der Waals surface area contributed by atoms with E-state index in [2.05, 4.69) is 24.1 Å². The summed E-state index contributed by atoms with van der Waals surface area (Å²) in [6.45, 7) is 1.83. The van der Waals surface area contributed by atoms with Crippen LogP contribution in [0.15, 0.2) is 24.3 Å². The van der Waals surface area contributed by atoms with Crippen LogP contribution in [-0.4, -0.2) is 18.5 Å². The molecule has 0 radical (unpaired) electrons. The van der Waals surface area contributed by atoms with Gasteiger partial charge in [-0.3, -0.25) is 0 Å². The Morgan fingerprint density at radius 2 is 2.06 bits per heavy atom. The number of unbranched alkanes of at least 4 members (excludes halogenated alkanes) is 2. The van der Waals surface area contributed by atoms with Gasteiger partial charge in [0.25, 0.3) is 0 Å². The van der Waals surface area contributed by atoms with Crippen molar-refractivity contribution in [2.24, 2.45) is 0 Å². The normalized spacial score (nSPS) is 9.88. The zero-order chi connectivity index (χ0) is 12.5. The van der Waals surface area contributed by atoms with E-state index in [0.29, 0.717) is 12.0 Å². The summed E-state index contributed by atoms with van der Waals surface area (Å²) in [5.74, 6) is 0. The molecule has 1 aromatic rings. The monoisotopic (exact) mass is 227 g/mol. The maximum atomic E-state index is 8.80. The fourth-order valence-corrected chi connectivity index (χ4v) is 1.72. The Morgan fingerprint density at radius 3 is 2.76 bits per heavy atom. The topological polar surface area (TPSA) is 50.8 Å². The minimum atomic E-state index is 0.637. The largest absolute Gasteiger partial charge is 0.302 e. The molecule has 17 heavy (non-hydrogen) atoms. The van der Waals surface area contributed by atoms with E-state index < -0.39 is 0 Å². The summed E-state index contributed by atoms with van der Waals surface area (Å²) in [7, 11) is 2.06. The van der Waals surface area contributed by atoms with Crippen molar-refractivity contribution in [2.75, 3.05) is 13.6 Å². The molecule has 0 heterocycles. The summed E-state index contributed by atoms with van der Waals surface area (Å²) >= 11 is 0. The lowest BCUT2D eigenvalue weighted by atomic mass is 10.1. The molecule has 0 atom stereocenters. The molecule has 0 unspecified atom stereocenters. The van der Waals surface area contributed by atoms with Crippen molar-refractivity contribution in [2.45, 2.75) is 25.8 Å². The molecule has 1 rings (SSSR count). The first-order valence-corrected chi connectivity index (χ1v) is 5.81. The van der Waals surface area contributed by atoms with Crippen LogP contribution in [0.25, 0.3) is 0 Å². The van der Waals surface area contributed by atoms with E-state index in [0.717, 1.165) is 31.5 Å². The van der Waals surface area contributed by atoms with Gasteiger partial charge < -0.3 is 4.90 Å². The maximum Gasteiger partial charge on any atom is 0.0991 e. The van der Waals surface area contributed by atoms with Gasteiger partial charge in [0.05, 0.1) is 17.7 Å². The highest BCUT2D eigenvalue weighted by atomic mass is 15.1. The van der Waals surface area contributed by atoms with Crippen molar-refractivity contribution < 1.29 is 0 Å². The number of nitrogens with zero attached hydrogens (tertiary/aromatic N) is 3. The Labute approximate surface area is 103 Å². The van der Waals surface area contributed by atoms with Gasteiger partial charge in [0.15, 0.2) is 0 Å². The number of benzene rings is 1. The van der Waals surface area contributed by atoms with Gasteiger partial charge in [0.2, 0.25) is 0 Å². The molecule has 3 nitrogen and oxygen atoms in total. The van der Waals surface area contributed by atoms with Crippen LogP contribution in [0.3, 0.4) is 0 Å². The van der Waals surface area contributed by atoms with Crippen molar-refractivity contribution >= 4 is 0 Å². The van der Waals surface area contributed by atoms with E-state index >= 15 is 0 Å². The molecule has 0 N–H and O–H groups in total. The first kappa shape index (κ1) is 13.2. The third kappa shape index (κ3) is 5.15. The lowest BCUT2D eigenvalue weighted by Gasteiger charge is -2.16. The van der Waals surface area contributed by atoms with E-state index in [-0.39, 0.29) is 0 Å². The first-order chi connectivity index (χ1) is 8.26. The van der Waals surface area contributed by atoms with Crippen LogP contribution in [-0.2, 0) is 6.54 Å². The Kier molecular flexibility index (Phi) is 5.79. The van der Waals surface area contributed by atoms with E-state index in [1.54, 1.807) is 0 Å². The molecular weight excluding hydrogens is 210 g/mol. The third-order valence-corrected chi connectivity index (χ3v) is 2.59. The van der Waals surface area contributed by atoms with Gasteiger partial charge in [-0.15, -0.1) is 0 Å². The van der Waals surface area contributed by atoms with Gasteiger partial charge in [-0.25, -0.2) is 0 Å². The summed E-state index contributed by atoms with van der Waals surface area (Å²) in [4.78, 5) is 2.22. The zero-order valence-electron chi connectivity index (χ0n) is 10.2. The molecule has 0 saturated carbocycles. The first-order valence-electron chi connectivity index (χ1n) is 5.81. The second-order valence-electron chi connectivity index (χ2n) is 4.17. The zero-order valence-corrected chi connectivity index (χ0v) is 10.2. The molecule has 0 aliphatic heterocycles. The van der Waals surface area contributed by atoms with Crippen LogP contribution < -0.4 is 0 Å². The molecule has 88 valence electrons. The maximum absolute atomic E-state index is 8.80. The molecule has 0 aliphatic carbocycles. The second-order valence-corrected chi connectivity index (χ2v) is 4.17. The van der Waals surface area contributed by atoms with Crippen LogP contribution in [0.2, 0.25) is 0 Å². The molecule has 0 fully saturated rings. The molecular formula is C14H17N3. The smallest absolute Gasteiger partial charge is 0.0991 e. The average molecular weight is 227 g/mol. The van der Waals surface area contributed by atoms with E-state index in [1.165, 1.54) is 0 Å². The quantitative estimate of drug-likeness (QED) is 0.702. The van der Waals surface area contributed by atoms with Crippen molar-refractivity contribution in [3.05, 3.63) is 35.4 Å². The van der Waals surface area contributed by atoms with Crippen LogP contribution in [0.1, 0.15) is 30.4 Å². The Hall–Kier alpha value is -1.84. The molecule has 1 aromatic carbocycles. The van der Waals surface area contributed by atoms with E-state index in [9.17, 15) is 0 Å². The van der Waals surface area contributed by atoms with Crippen molar-refractivity contribution in [1.29, 1.82) is 10.5 Å². The molecule has 0 spiro atoms. The minimum absolute atomic E-state index is 0.637. The third-order valence-electron chi connectivity index (χ3n) is 2.59. The predicted octanol–water partition coefficient (Wildman–Crippen LogP) is 2.68. The summed E-state index contributed by atoms with van der Waals surface area (Å²) in [6.07, 6.45) is 2.64. The van der Waals surface area contributed by atoms with Gasteiger partial charge in [0, 0.05) is 13.0 Å². The minimum Gasteiger partial charge on any atom is -0.302 e. The molecule has 0 amide bonds. The molecule has 3 heteroatoms. The molecule has 0 saturated heterocycles. The summed E-state index contributed by atoms with van der Waals surface area (Å²) in [5.41, 5.74) is 1.87. The average Bonchev–Trinajstić information content (AvgIpc) is 2.35. The predicted molar refractivity (Wildman–Crippen MR) is 67.0 cm³/mol. The number of hydrogen-bond donors (Lipinski definition) is 0. The standard InChI is InChI=1S/C14H17N3/c1-17(9-4-2-3-8-15)12-14-7-5-6-13(10-14)11-16/h5-7,10H,2-4,9,12H2,1H3. The Bertz CT molecular complexity index is 426. The van der Waals surface area contributed by atoms with Crippen LogP contribution in [0.5, 0.6) is 0 Å². The SMILES string of the molecule is CN(CCCCC#N)Cc1cccc(C#N)c1. The number of hydrogen-bond acceptors (Lipinski definition) is 3. The van der Waals surface area contributed by atoms with Crippen LogP contribution in [0.4, 0.5) is 0 Å². The summed E-state index contributed by atoms with van der Waals surface area (Å²) < 4.78 is 0. The lowest BCUT2D eigenvalue weighted by molar-refractivity contribution is 0.319. The van der Waals surface area contributed by atoms with Crippen LogP contribution in [0, 0.1) is 22.7 Å². The van der Waals surface area contributed by atoms with Gasteiger partial charge in [-0.1, -0.05) is 12.1 Å². The molecule has 0 aromatic heterocycles. The Balaban J connectivity index is 2.37. The van der Waals surface area contributed by atoms with E-state index in [1.807, 2.05) is 24.3 Å².